The van der Waals surface area contributed by atoms with E-state index in [-0.39, 0.29) is 11.7 Å². The Hall–Kier alpha value is -2.41. The second-order valence-electron chi connectivity index (χ2n) is 6.39. The van der Waals surface area contributed by atoms with E-state index < -0.39 is 15.8 Å². The van der Waals surface area contributed by atoms with Gasteiger partial charge in [0.1, 0.15) is 5.82 Å². The highest BCUT2D eigenvalue weighted by molar-refractivity contribution is 7.91. The van der Waals surface area contributed by atoms with Gasteiger partial charge in [-0.2, -0.15) is 0 Å². The number of hydrogen-bond acceptors (Lipinski definition) is 3. The van der Waals surface area contributed by atoms with Crippen LogP contribution in [0.15, 0.2) is 42.5 Å². The first-order valence-electron chi connectivity index (χ1n) is 8.51. The van der Waals surface area contributed by atoms with Crippen LogP contribution in [-0.4, -0.2) is 25.8 Å². The minimum atomic E-state index is -3.61. The SMILES string of the molecule is CCC(=O)N1CCc2ccc(NS(=O)(=O)Cc3ccc(F)cc3)cc2C1. The van der Waals surface area contributed by atoms with Crippen molar-refractivity contribution in [2.75, 3.05) is 11.3 Å². The molecule has 0 saturated carbocycles. The van der Waals surface area contributed by atoms with E-state index in [1.54, 1.807) is 17.0 Å². The van der Waals surface area contributed by atoms with Gasteiger partial charge in [-0.3, -0.25) is 9.52 Å². The number of nitrogens with one attached hydrogen (secondary N) is 1. The molecule has 2 aromatic carbocycles. The molecule has 1 heterocycles. The number of nitrogens with zero attached hydrogens (tertiary/aromatic N) is 1. The Morgan fingerprint density at radius 2 is 1.88 bits per heavy atom. The molecule has 0 saturated heterocycles. The second-order valence-corrected chi connectivity index (χ2v) is 8.11. The van der Waals surface area contributed by atoms with Crippen molar-refractivity contribution in [1.82, 2.24) is 4.90 Å². The summed E-state index contributed by atoms with van der Waals surface area (Å²) in [5.74, 6) is -0.539. The summed E-state index contributed by atoms with van der Waals surface area (Å²) in [5, 5.41) is 0. The lowest BCUT2D eigenvalue weighted by Crippen LogP contribution is -2.35. The van der Waals surface area contributed by atoms with Crippen molar-refractivity contribution in [3.63, 3.8) is 0 Å². The Balaban J connectivity index is 1.74. The molecule has 1 amide bonds. The number of fused-ring (bicyclic) bond motifs is 1. The number of amides is 1. The zero-order valence-corrected chi connectivity index (χ0v) is 15.4. The molecular formula is C19H21FN2O3S. The summed E-state index contributed by atoms with van der Waals surface area (Å²) in [6.07, 6.45) is 1.23. The molecule has 0 spiro atoms. The van der Waals surface area contributed by atoms with Crippen molar-refractivity contribution in [2.24, 2.45) is 0 Å². The van der Waals surface area contributed by atoms with Crippen molar-refractivity contribution in [1.29, 1.82) is 0 Å². The van der Waals surface area contributed by atoms with Crippen LogP contribution in [0.1, 0.15) is 30.0 Å². The van der Waals surface area contributed by atoms with Gasteiger partial charge in [0.05, 0.1) is 5.75 Å². The Kier molecular flexibility index (Phi) is 5.27. The molecule has 2 aromatic rings. The minimum absolute atomic E-state index is 0.0953. The fourth-order valence-electron chi connectivity index (χ4n) is 3.07. The van der Waals surface area contributed by atoms with Gasteiger partial charge in [-0.05, 0) is 47.4 Å². The molecule has 7 heteroatoms. The average molecular weight is 376 g/mol. The molecule has 5 nitrogen and oxygen atoms in total. The van der Waals surface area contributed by atoms with Crippen molar-refractivity contribution >= 4 is 21.6 Å². The van der Waals surface area contributed by atoms with Crippen LogP contribution < -0.4 is 4.72 Å². The van der Waals surface area contributed by atoms with Gasteiger partial charge in [0.25, 0.3) is 0 Å². The van der Waals surface area contributed by atoms with Crippen molar-refractivity contribution in [3.05, 3.63) is 65.0 Å². The van der Waals surface area contributed by atoms with Crippen LogP contribution in [0.4, 0.5) is 10.1 Å². The standard InChI is InChI=1S/C19H21FN2O3S/c1-2-19(23)22-10-9-15-5-8-18(11-16(15)12-22)21-26(24,25)13-14-3-6-17(20)7-4-14/h3-8,11,21H,2,9-10,12-13H2,1H3. The molecule has 0 unspecified atom stereocenters. The zero-order chi connectivity index (χ0) is 18.7. The summed E-state index contributed by atoms with van der Waals surface area (Å²) in [6, 6.07) is 10.8. The van der Waals surface area contributed by atoms with Gasteiger partial charge in [0, 0.05) is 25.2 Å². The summed E-state index contributed by atoms with van der Waals surface area (Å²) in [5.41, 5.74) is 3.07. The maximum absolute atomic E-state index is 12.9. The van der Waals surface area contributed by atoms with E-state index >= 15 is 0 Å². The van der Waals surface area contributed by atoms with Crippen LogP contribution in [0.2, 0.25) is 0 Å². The van der Waals surface area contributed by atoms with E-state index in [0.717, 1.165) is 17.5 Å². The average Bonchev–Trinajstić information content (AvgIpc) is 2.61. The molecule has 1 aliphatic rings. The van der Waals surface area contributed by atoms with Crippen LogP contribution in [0.3, 0.4) is 0 Å². The topological polar surface area (TPSA) is 66.5 Å². The number of rotatable bonds is 5. The Bertz CT molecular complexity index is 911. The highest BCUT2D eigenvalue weighted by Gasteiger charge is 2.20. The van der Waals surface area contributed by atoms with Gasteiger partial charge in [0.15, 0.2) is 0 Å². The smallest absolute Gasteiger partial charge is 0.236 e. The molecule has 0 radical (unpaired) electrons. The van der Waals surface area contributed by atoms with E-state index in [9.17, 15) is 17.6 Å². The molecule has 3 rings (SSSR count). The number of benzene rings is 2. The molecule has 0 aromatic heterocycles. The first-order valence-corrected chi connectivity index (χ1v) is 10.2. The van der Waals surface area contributed by atoms with E-state index in [4.69, 9.17) is 0 Å². The molecule has 1 aliphatic heterocycles. The van der Waals surface area contributed by atoms with E-state index in [2.05, 4.69) is 4.72 Å². The Morgan fingerprint density at radius 1 is 1.15 bits per heavy atom. The molecule has 0 aliphatic carbocycles. The highest BCUT2D eigenvalue weighted by Crippen LogP contribution is 2.24. The maximum atomic E-state index is 12.9. The molecule has 1 N–H and O–H groups in total. The molecule has 0 bridgehead atoms. The lowest BCUT2D eigenvalue weighted by molar-refractivity contribution is -0.131. The van der Waals surface area contributed by atoms with Crippen molar-refractivity contribution in [2.45, 2.75) is 32.1 Å². The number of carbonyl (C=O) groups is 1. The van der Waals surface area contributed by atoms with Gasteiger partial charge in [-0.15, -0.1) is 0 Å². The number of anilines is 1. The first-order chi connectivity index (χ1) is 12.4. The summed E-state index contributed by atoms with van der Waals surface area (Å²) in [7, 11) is -3.61. The van der Waals surface area contributed by atoms with Gasteiger partial charge in [-0.25, -0.2) is 12.8 Å². The van der Waals surface area contributed by atoms with Gasteiger partial charge < -0.3 is 4.90 Å². The zero-order valence-electron chi connectivity index (χ0n) is 14.5. The lowest BCUT2D eigenvalue weighted by Gasteiger charge is -2.29. The number of carbonyl (C=O) groups excluding carboxylic acids is 1. The first kappa shape index (κ1) is 18.4. The van der Waals surface area contributed by atoms with E-state index in [0.29, 0.717) is 30.8 Å². The quantitative estimate of drug-likeness (QED) is 0.872. The maximum Gasteiger partial charge on any atom is 0.236 e. The largest absolute Gasteiger partial charge is 0.338 e. The van der Waals surface area contributed by atoms with Crippen LogP contribution in [0, 0.1) is 5.82 Å². The third-order valence-electron chi connectivity index (χ3n) is 4.42. The highest BCUT2D eigenvalue weighted by atomic mass is 32.2. The Morgan fingerprint density at radius 3 is 2.58 bits per heavy atom. The molecule has 0 fully saturated rings. The van der Waals surface area contributed by atoms with Crippen LogP contribution in [-0.2, 0) is 33.5 Å². The van der Waals surface area contributed by atoms with Crippen LogP contribution in [0.5, 0.6) is 0 Å². The van der Waals surface area contributed by atoms with E-state index in [1.807, 2.05) is 13.0 Å². The van der Waals surface area contributed by atoms with Crippen LogP contribution >= 0.6 is 0 Å². The second kappa shape index (κ2) is 7.45. The van der Waals surface area contributed by atoms with Gasteiger partial charge in [0.2, 0.25) is 15.9 Å². The fourth-order valence-corrected chi connectivity index (χ4v) is 4.26. The van der Waals surface area contributed by atoms with Gasteiger partial charge >= 0.3 is 0 Å². The summed E-state index contributed by atoms with van der Waals surface area (Å²) >= 11 is 0. The summed E-state index contributed by atoms with van der Waals surface area (Å²) in [6.45, 7) is 3.02. The number of halogens is 1. The predicted octanol–water partition coefficient (Wildman–Crippen LogP) is 3.06. The monoisotopic (exact) mass is 376 g/mol. The third kappa shape index (κ3) is 4.40. The summed E-state index contributed by atoms with van der Waals surface area (Å²) in [4.78, 5) is 13.7. The molecule has 0 atom stereocenters. The predicted molar refractivity (Wildman–Crippen MR) is 98.5 cm³/mol. The molecular weight excluding hydrogens is 355 g/mol. The van der Waals surface area contributed by atoms with Crippen LogP contribution in [0.25, 0.3) is 0 Å². The lowest BCUT2D eigenvalue weighted by atomic mass is 9.99. The Labute approximate surface area is 152 Å². The van der Waals surface area contributed by atoms with E-state index in [1.165, 1.54) is 24.3 Å². The normalized spacial score (nSPS) is 14.0. The summed E-state index contributed by atoms with van der Waals surface area (Å²) < 4.78 is 40.3. The fraction of sp³-hybridized carbons (Fsp3) is 0.316. The van der Waals surface area contributed by atoms with Crippen molar-refractivity contribution in [3.8, 4) is 0 Å². The third-order valence-corrected chi connectivity index (χ3v) is 5.68. The minimum Gasteiger partial charge on any atom is -0.338 e. The van der Waals surface area contributed by atoms with Gasteiger partial charge in [-0.1, -0.05) is 25.1 Å². The molecule has 138 valence electrons. The van der Waals surface area contributed by atoms with Crippen molar-refractivity contribution < 1.29 is 17.6 Å². The molecule has 26 heavy (non-hydrogen) atoms. The number of hydrogen-bond donors (Lipinski definition) is 1. The number of sulfonamides is 1.